The van der Waals surface area contributed by atoms with Gasteiger partial charge in [0.2, 0.25) is 0 Å². The lowest BCUT2D eigenvalue weighted by molar-refractivity contribution is 0.212. The number of hydrogen-bond acceptors (Lipinski definition) is 6. The molecule has 3 aromatic heterocycles. The van der Waals surface area contributed by atoms with Gasteiger partial charge in [0.1, 0.15) is 0 Å². The van der Waals surface area contributed by atoms with Gasteiger partial charge in [0.25, 0.3) is 0 Å². The van der Waals surface area contributed by atoms with Crippen LogP contribution in [0, 0.1) is 0 Å². The van der Waals surface area contributed by atoms with Crippen LogP contribution in [0.5, 0.6) is 0 Å². The van der Waals surface area contributed by atoms with Crippen molar-refractivity contribution in [1.82, 2.24) is 19.8 Å². The minimum absolute atomic E-state index is 0.207. The van der Waals surface area contributed by atoms with Gasteiger partial charge in [-0.3, -0.25) is 10.3 Å². The molecule has 0 aliphatic carbocycles. The molecule has 31 heavy (non-hydrogen) atoms. The fourth-order valence-corrected chi connectivity index (χ4v) is 4.99. The number of hydrogen-bond donors (Lipinski definition) is 2. The Morgan fingerprint density at radius 2 is 2.06 bits per heavy atom. The zero-order valence-corrected chi connectivity index (χ0v) is 18.4. The molecule has 0 radical (unpaired) electrons. The Kier molecular flexibility index (Phi) is 5.33. The molecular weight excluding hydrogens is 408 g/mol. The molecule has 2 aliphatic heterocycles. The molecule has 0 saturated carbocycles. The van der Waals surface area contributed by atoms with Crippen molar-refractivity contribution in [1.29, 1.82) is 0 Å². The van der Waals surface area contributed by atoms with E-state index in [4.69, 9.17) is 5.73 Å². The van der Waals surface area contributed by atoms with Gasteiger partial charge < -0.3 is 15.5 Å². The van der Waals surface area contributed by atoms with Gasteiger partial charge in [-0.1, -0.05) is 12.1 Å². The first kappa shape index (κ1) is 20.0. The van der Waals surface area contributed by atoms with Crippen LogP contribution in [-0.4, -0.2) is 45.9 Å². The van der Waals surface area contributed by atoms with Gasteiger partial charge in [0.05, 0.1) is 28.5 Å². The summed E-state index contributed by atoms with van der Waals surface area (Å²) in [4.78, 5) is 27.4. The lowest BCUT2D eigenvalue weighted by atomic mass is 9.90. The van der Waals surface area contributed by atoms with Gasteiger partial charge in [-0.2, -0.15) is 0 Å². The monoisotopic (exact) mass is 434 g/mol. The van der Waals surface area contributed by atoms with E-state index >= 15 is 0 Å². The highest BCUT2D eigenvalue weighted by Crippen LogP contribution is 2.31. The number of nitrogens with two attached hydrogens (primary N) is 1. The number of carbonyl (C=O) groups excluding carboxylic acids is 1. The maximum Gasteiger partial charge on any atom is 0.323 e. The first-order valence-corrected chi connectivity index (χ1v) is 11.5. The first-order chi connectivity index (χ1) is 15.1. The number of likely N-dealkylation sites (tertiary alicyclic amines) is 1. The topological polar surface area (TPSA) is 87.4 Å². The van der Waals surface area contributed by atoms with Crippen molar-refractivity contribution in [3.05, 3.63) is 58.7 Å². The van der Waals surface area contributed by atoms with Crippen LogP contribution < -0.4 is 11.1 Å². The van der Waals surface area contributed by atoms with Crippen molar-refractivity contribution in [2.75, 3.05) is 31.2 Å². The van der Waals surface area contributed by atoms with Crippen LogP contribution in [0.3, 0.4) is 0 Å². The number of nitrogen functional groups attached to an aromatic ring is 1. The highest BCUT2D eigenvalue weighted by Gasteiger charge is 2.27. The molecule has 7 nitrogen and oxygen atoms in total. The van der Waals surface area contributed by atoms with Crippen molar-refractivity contribution < 1.29 is 4.79 Å². The van der Waals surface area contributed by atoms with Gasteiger partial charge in [-0.15, -0.1) is 11.3 Å². The van der Waals surface area contributed by atoms with Crippen LogP contribution in [0.4, 0.5) is 16.3 Å². The Morgan fingerprint density at radius 1 is 1.23 bits per heavy atom. The number of carbonyl (C=O) groups is 1. The lowest BCUT2D eigenvalue weighted by Gasteiger charge is -2.29. The average Bonchev–Trinajstić information content (AvgIpc) is 3.45. The maximum absolute atomic E-state index is 12.9. The number of amides is 2. The van der Waals surface area contributed by atoms with Gasteiger partial charge in [0, 0.05) is 12.7 Å². The van der Waals surface area contributed by atoms with E-state index in [1.807, 2.05) is 29.8 Å². The standard InChI is InChI=1S/C23H26N6OS/c1-28-8-6-15(7-9-28)16-11-17-13-29(14-20(17)25-12-16)23(30)27-22-18(24)4-5-19(26-22)21-3-2-10-31-21/h2-5,10-12,15H,6-9,13-14,24H2,1H3,(H,26,27,30). The van der Waals surface area contributed by atoms with E-state index in [9.17, 15) is 4.79 Å². The summed E-state index contributed by atoms with van der Waals surface area (Å²) >= 11 is 1.60. The molecule has 3 aromatic rings. The number of aromatic nitrogens is 2. The first-order valence-electron chi connectivity index (χ1n) is 10.6. The molecule has 2 aliphatic rings. The SMILES string of the molecule is CN1CCC(c2cnc3c(c2)CN(C(=O)Nc2nc(-c4cccs4)ccc2N)C3)CC1. The summed E-state index contributed by atoms with van der Waals surface area (Å²) in [7, 11) is 2.17. The van der Waals surface area contributed by atoms with Crippen molar-refractivity contribution in [3.8, 4) is 10.6 Å². The average molecular weight is 435 g/mol. The second-order valence-corrected chi connectivity index (χ2v) is 9.30. The normalized spacial score (nSPS) is 17.0. The number of rotatable bonds is 3. The van der Waals surface area contributed by atoms with Crippen LogP contribution in [0.25, 0.3) is 10.6 Å². The summed E-state index contributed by atoms with van der Waals surface area (Å²) in [5, 5.41) is 4.89. The van der Waals surface area contributed by atoms with Crippen molar-refractivity contribution in [3.63, 3.8) is 0 Å². The smallest absolute Gasteiger partial charge is 0.323 e. The fourth-order valence-electron chi connectivity index (χ4n) is 4.30. The predicted octanol–water partition coefficient (Wildman–Crippen LogP) is 4.14. The van der Waals surface area contributed by atoms with E-state index < -0.39 is 0 Å². The lowest BCUT2D eigenvalue weighted by Crippen LogP contribution is -2.31. The third-order valence-electron chi connectivity index (χ3n) is 6.19. The number of pyridine rings is 2. The van der Waals surface area contributed by atoms with E-state index in [0.717, 1.165) is 47.8 Å². The molecule has 0 aromatic carbocycles. The highest BCUT2D eigenvalue weighted by molar-refractivity contribution is 7.13. The van der Waals surface area contributed by atoms with E-state index in [1.165, 1.54) is 5.56 Å². The molecule has 0 unspecified atom stereocenters. The summed E-state index contributed by atoms with van der Waals surface area (Å²) in [6.45, 7) is 3.29. The number of nitrogens with one attached hydrogen (secondary N) is 1. The predicted molar refractivity (Wildman–Crippen MR) is 124 cm³/mol. The van der Waals surface area contributed by atoms with E-state index in [2.05, 4.69) is 33.3 Å². The van der Waals surface area contributed by atoms with Crippen LogP contribution in [0.1, 0.15) is 35.6 Å². The van der Waals surface area contributed by atoms with Crippen LogP contribution >= 0.6 is 11.3 Å². The summed E-state index contributed by atoms with van der Waals surface area (Å²) in [6.07, 6.45) is 4.32. The van der Waals surface area contributed by atoms with E-state index in [-0.39, 0.29) is 6.03 Å². The van der Waals surface area contributed by atoms with Crippen LogP contribution in [0.2, 0.25) is 0 Å². The van der Waals surface area contributed by atoms with Crippen molar-refractivity contribution in [2.24, 2.45) is 0 Å². The zero-order chi connectivity index (χ0) is 21.4. The molecule has 5 heterocycles. The van der Waals surface area contributed by atoms with Crippen LogP contribution in [0.15, 0.2) is 41.9 Å². The minimum atomic E-state index is -0.207. The quantitative estimate of drug-likeness (QED) is 0.647. The number of urea groups is 1. The summed E-state index contributed by atoms with van der Waals surface area (Å²) in [5.74, 6) is 0.952. The minimum Gasteiger partial charge on any atom is -0.396 e. The second kappa shape index (κ2) is 8.28. The Morgan fingerprint density at radius 3 is 2.84 bits per heavy atom. The second-order valence-electron chi connectivity index (χ2n) is 8.35. The Hall–Kier alpha value is -2.97. The molecule has 5 rings (SSSR count). The largest absolute Gasteiger partial charge is 0.396 e. The third kappa shape index (κ3) is 4.13. The summed E-state index contributed by atoms with van der Waals surface area (Å²) in [5.41, 5.74) is 10.7. The van der Waals surface area contributed by atoms with Gasteiger partial charge in [0.15, 0.2) is 5.82 Å². The molecule has 1 saturated heterocycles. The molecule has 0 bridgehead atoms. The van der Waals surface area contributed by atoms with Crippen LogP contribution in [-0.2, 0) is 13.1 Å². The molecule has 160 valence electrons. The Balaban J connectivity index is 1.28. The number of nitrogens with zero attached hydrogens (tertiary/aromatic N) is 4. The molecule has 1 fully saturated rings. The highest BCUT2D eigenvalue weighted by atomic mass is 32.1. The van der Waals surface area contributed by atoms with E-state index in [1.54, 1.807) is 22.3 Å². The molecule has 3 N–H and O–H groups in total. The van der Waals surface area contributed by atoms with Crippen molar-refractivity contribution in [2.45, 2.75) is 31.8 Å². The fraction of sp³-hybridized carbons (Fsp3) is 0.348. The number of fused-ring (bicyclic) bond motifs is 1. The molecule has 0 spiro atoms. The zero-order valence-electron chi connectivity index (χ0n) is 17.5. The summed E-state index contributed by atoms with van der Waals surface area (Å²) in [6, 6.07) is 9.67. The van der Waals surface area contributed by atoms with Crippen molar-refractivity contribution >= 4 is 28.9 Å². The summed E-state index contributed by atoms with van der Waals surface area (Å²) < 4.78 is 0. The molecule has 0 atom stereocenters. The molecular formula is C23H26N6OS. The number of thiophene rings is 1. The number of anilines is 2. The Bertz CT molecular complexity index is 1090. The van der Waals surface area contributed by atoms with Gasteiger partial charge in [-0.25, -0.2) is 9.78 Å². The number of piperidine rings is 1. The molecule has 8 heteroatoms. The molecule has 2 amide bonds. The van der Waals surface area contributed by atoms with E-state index in [0.29, 0.717) is 30.5 Å². The van der Waals surface area contributed by atoms with Gasteiger partial charge in [-0.05, 0) is 73.6 Å². The Labute approximate surface area is 185 Å². The van der Waals surface area contributed by atoms with Gasteiger partial charge >= 0.3 is 6.03 Å². The third-order valence-corrected chi connectivity index (χ3v) is 7.08. The maximum atomic E-state index is 12.9.